The molecule has 0 amide bonds. The van der Waals surface area contributed by atoms with Gasteiger partial charge in [0.15, 0.2) is 0 Å². The molecule has 0 radical (unpaired) electrons. The molecule has 0 bridgehead atoms. The lowest BCUT2D eigenvalue weighted by Crippen LogP contribution is -2.04. The Balaban J connectivity index is 2.52. The van der Waals surface area contributed by atoms with Crippen LogP contribution in [0.5, 0.6) is 0 Å². The first-order valence-corrected chi connectivity index (χ1v) is 4.13. The van der Waals surface area contributed by atoms with Crippen LogP contribution in [0.1, 0.15) is 19.9 Å². The van der Waals surface area contributed by atoms with Crippen LogP contribution in [-0.2, 0) is 0 Å². The van der Waals surface area contributed by atoms with Crippen LogP contribution >= 0.6 is 0 Å². The number of rotatable bonds is 4. The van der Waals surface area contributed by atoms with Gasteiger partial charge in [-0.1, -0.05) is 0 Å². The first-order chi connectivity index (χ1) is 5.74. The van der Waals surface area contributed by atoms with E-state index >= 15 is 0 Å². The molecule has 1 aromatic rings. The number of hydrogen-bond donors (Lipinski definition) is 2. The van der Waals surface area contributed by atoms with Crippen LogP contribution < -0.4 is 5.32 Å². The Morgan fingerprint density at radius 2 is 2.42 bits per heavy atom. The highest BCUT2D eigenvalue weighted by molar-refractivity contribution is 5.37. The smallest absolute Gasteiger partial charge is 0.0727 e. The van der Waals surface area contributed by atoms with Gasteiger partial charge in [0.1, 0.15) is 0 Å². The molecule has 1 rings (SSSR count). The van der Waals surface area contributed by atoms with Crippen LogP contribution in [0.2, 0.25) is 0 Å². The van der Waals surface area contributed by atoms with Crippen molar-refractivity contribution in [2.45, 2.75) is 19.9 Å². The lowest BCUT2D eigenvalue weighted by molar-refractivity contribution is 0.311. The van der Waals surface area contributed by atoms with Gasteiger partial charge in [0.25, 0.3) is 0 Å². The molecule has 0 saturated heterocycles. The first kappa shape index (κ1) is 9.06. The van der Waals surface area contributed by atoms with Crippen molar-refractivity contribution >= 4 is 5.69 Å². The van der Waals surface area contributed by atoms with E-state index in [1.54, 1.807) is 6.20 Å². The van der Waals surface area contributed by atoms with Crippen molar-refractivity contribution < 1.29 is 5.11 Å². The molecule has 12 heavy (non-hydrogen) atoms. The number of aliphatic hydroxyl groups excluding tert-OH is 1. The number of aromatic nitrogens is 2. The van der Waals surface area contributed by atoms with Crippen molar-refractivity contribution in [2.75, 3.05) is 18.5 Å². The van der Waals surface area contributed by atoms with E-state index in [1.165, 1.54) is 0 Å². The quantitative estimate of drug-likeness (QED) is 0.703. The lowest BCUT2D eigenvalue weighted by Gasteiger charge is -2.03. The van der Waals surface area contributed by atoms with E-state index in [4.69, 9.17) is 5.11 Å². The molecular weight excluding hydrogens is 154 g/mol. The van der Waals surface area contributed by atoms with Crippen LogP contribution in [-0.4, -0.2) is 28.0 Å². The number of nitrogens with zero attached hydrogens (tertiary/aromatic N) is 2. The SMILES string of the molecule is CC(C)n1cc(NCCO)cn1. The van der Waals surface area contributed by atoms with Gasteiger partial charge in [-0.15, -0.1) is 0 Å². The summed E-state index contributed by atoms with van der Waals surface area (Å²) in [6, 6.07) is 0.384. The number of anilines is 1. The highest BCUT2D eigenvalue weighted by Gasteiger charge is 1.99. The normalized spacial score (nSPS) is 10.7. The molecule has 0 unspecified atom stereocenters. The van der Waals surface area contributed by atoms with E-state index in [-0.39, 0.29) is 6.61 Å². The first-order valence-electron chi connectivity index (χ1n) is 4.13. The van der Waals surface area contributed by atoms with E-state index in [1.807, 2.05) is 10.9 Å². The molecule has 1 heterocycles. The van der Waals surface area contributed by atoms with Crippen molar-refractivity contribution in [1.82, 2.24) is 9.78 Å². The molecule has 0 fully saturated rings. The number of nitrogens with one attached hydrogen (secondary N) is 1. The number of hydrogen-bond acceptors (Lipinski definition) is 3. The Bertz CT molecular complexity index is 232. The Morgan fingerprint density at radius 1 is 1.67 bits per heavy atom. The van der Waals surface area contributed by atoms with E-state index in [0.29, 0.717) is 12.6 Å². The van der Waals surface area contributed by atoms with Gasteiger partial charge in [-0.05, 0) is 13.8 Å². The summed E-state index contributed by atoms with van der Waals surface area (Å²) < 4.78 is 1.87. The highest BCUT2D eigenvalue weighted by atomic mass is 16.3. The molecule has 0 saturated carbocycles. The van der Waals surface area contributed by atoms with Crippen LogP contribution in [0, 0.1) is 0 Å². The van der Waals surface area contributed by atoms with Gasteiger partial charge in [0.05, 0.1) is 18.5 Å². The van der Waals surface area contributed by atoms with Gasteiger partial charge in [-0.2, -0.15) is 5.10 Å². The van der Waals surface area contributed by atoms with Gasteiger partial charge in [0, 0.05) is 18.8 Å². The predicted octanol–water partition coefficient (Wildman–Crippen LogP) is 0.868. The van der Waals surface area contributed by atoms with Crippen LogP contribution in [0.4, 0.5) is 5.69 Å². The second-order valence-corrected chi connectivity index (χ2v) is 2.95. The minimum absolute atomic E-state index is 0.146. The van der Waals surface area contributed by atoms with Crippen molar-refractivity contribution in [2.24, 2.45) is 0 Å². The van der Waals surface area contributed by atoms with Crippen LogP contribution in [0.3, 0.4) is 0 Å². The zero-order chi connectivity index (χ0) is 8.97. The van der Waals surface area contributed by atoms with Crippen molar-refractivity contribution in [3.05, 3.63) is 12.4 Å². The van der Waals surface area contributed by atoms with Crippen molar-refractivity contribution in [3.63, 3.8) is 0 Å². The Kier molecular flexibility index (Phi) is 3.10. The van der Waals surface area contributed by atoms with Crippen LogP contribution in [0.15, 0.2) is 12.4 Å². The van der Waals surface area contributed by atoms with Crippen molar-refractivity contribution in [3.8, 4) is 0 Å². The van der Waals surface area contributed by atoms with E-state index in [0.717, 1.165) is 5.69 Å². The van der Waals surface area contributed by atoms with Gasteiger partial charge >= 0.3 is 0 Å². The summed E-state index contributed by atoms with van der Waals surface area (Å²) in [6.45, 7) is 4.86. The molecular formula is C8H15N3O. The average Bonchev–Trinajstić information content (AvgIpc) is 2.48. The number of aliphatic hydroxyl groups is 1. The minimum Gasteiger partial charge on any atom is -0.395 e. The second-order valence-electron chi connectivity index (χ2n) is 2.95. The third kappa shape index (κ3) is 2.23. The van der Waals surface area contributed by atoms with E-state index < -0.39 is 0 Å². The summed E-state index contributed by atoms with van der Waals surface area (Å²) >= 11 is 0. The minimum atomic E-state index is 0.146. The zero-order valence-corrected chi connectivity index (χ0v) is 7.49. The molecule has 2 N–H and O–H groups in total. The summed E-state index contributed by atoms with van der Waals surface area (Å²) in [4.78, 5) is 0. The molecule has 0 aliphatic rings. The average molecular weight is 169 g/mol. The molecule has 4 nitrogen and oxygen atoms in total. The summed E-state index contributed by atoms with van der Waals surface area (Å²) in [5, 5.41) is 15.7. The maximum Gasteiger partial charge on any atom is 0.0727 e. The fraction of sp³-hybridized carbons (Fsp3) is 0.625. The third-order valence-corrected chi connectivity index (χ3v) is 1.57. The fourth-order valence-electron chi connectivity index (χ4n) is 0.912. The maximum absolute atomic E-state index is 8.55. The molecule has 0 spiro atoms. The summed E-state index contributed by atoms with van der Waals surface area (Å²) in [5.41, 5.74) is 0.956. The molecule has 4 heteroatoms. The van der Waals surface area contributed by atoms with Gasteiger partial charge in [-0.3, -0.25) is 4.68 Å². The summed E-state index contributed by atoms with van der Waals surface area (Å²) in [5.74, 6) is 0. The Hall–Kier alpha value is -1.03. The van der Waals surface area contributed by atoms with E-state index in [9.17, 15) is 0 Å². The third-order valence-electron chi connectivity index (χ3n) is 1.57. The maximum atomic E-state index is 8.55. The van der Waals surface area contributed by atoms with Crippen LogP contribution in [0.25, 0.3) is 0 Å². The molecule has 0 aliphatic heterocycles. The molecule has 0 aromatic carbocycles. The fourth-order valence-corrected chi connectivity index (χ4v) is 0.912. The topological polar surface area (TPSA) is 50.1 Å². The molecule has 68 valence electrons. The molecule has 1 aromatic heterocycles. The Labute approximate surface area is 72.2 Å². The van der Waals surface area contributed by atoms with Crippen molar-refractivity contribution in [1.29, 1.82) is 0 Å². The standard InChI is InChI=1S/C8H15N3O/c1-7(2)11-6-8(5-10-11)9-3-4-12/h5-7,9,12H,3-4H2,1-2H3. The molecule has 0 aliphatic carbocycles. The predicted molar refractivity (Wildman–Crippen MR) is 48.2 cm³/mol. The Morgan fingerprint density at radius 3 is 2.92 bits per heavy atom. The zero-order valence-electron chi connectivity index (χ0n) is 7.49. The van der Waals surface area contributed by atoms with E-state index in [2.05, 4.69) is 24.3 Å². The highest BCUT2D eigenvalue weighted by Crippen LogP contribution is 2.08. The summed E-state index contributed by atoms with van der Waals surface area (Å²) in [7, 11) is 0. The largest absolute Gasteiger partial charge is 0.395 e. The van der Waals surface area contributed by atoms with Gasteiger partial charge in [-0.25, -0.2) is 0 Å². The lowest BCUT2D eigenvalue weighted by atomic mass is 10.4. The summed E-state index contributed by atoms with van der Waals surface area (Å²) in [6.07, 6.45) is 3.69. The monoisotopic (exact) mass is 169 g/mol. The molecule has 0 atom stereocenters. The van der Waals surface area contributed by atoms with Gasteiger partial charge < -0.3 is 10.4 Å². The second kappa shape index (κ2) is 4.11. The van der Waals surface area contributed by atoms with Gasteiger partial charge in [0.2, 0.25) is 0 Å².